The fraction of sp³-hybridized carbons (Fsp3) is 0.357. The van der Waals surface area contributed by atoms with Crippen LogP contribution >= 0.6 is 15.9 Å². The molecule has 102 valence electrons. The van der Waals surface area contributed by atoms with Crippen molar-refractivity contribution in [2.24, 2.45) is 0 Å². The maximum atomic E-state index is 12.9. The van der Waals surface area contributed by atoms with Gasteiger partial charge in [0, 0.05) is 5.41 Å². The lowest BCUT2D eigenvalue weighted by atomic mass is 9.92. The van der Waals surface area contributed by atoms with E-state index in [1.807, 2.05) is 0 Å². The van der Waals surface area contributed by atoms with Gasteiger partial charge >= 0.3 is 0 Å². The standard InChI is InChI=1S/C14H17BrFN3/c1-14(2,3)12-11(15)13(17)19(18-12)8-9-4-6-10(16)7-5-9/h4-7H,8,17H2,1-3H3. The van der Waals surface area contributed by atoms with E-state index in [1.54, 1.807) is 16.8 Å². The third-order valence-electron chi connectivity index (χ3n) is 2.89. The molecule has 0 spiro atoms. The average molecular weight is 326 g/mol. The summed E-state index contributed by atoms with van der Waals surface area (Å²) in [5.74, 6) is 0.350. The van der Waals surface area contributed by atoms with E-state index in [2.05, 4.69) is 41.8 Å². The van der Waals surface area contributed by atoms with Gasteiger partial charge in [0.2, 0.25) is 0 Å². The number of halogens is 2. The monoisotopic (exact) mass is 325 g/mol. The van der Waals surface area contributed by atoms with E-state index in [1.165, 1.54) is 12.1 Å². The molecule has 0 unspecified atom stereocenters. The molecule has 2 rings (SSSR count). The Bertz CT molecular complexity index is 582. The highest BCUT2D eigenvalue weighted by molar-refractivity contribution is 9.10. The van der Waals surface area contributed by atoms with Crippen LogP contribution in [0.1, 0.15) is 32.0 Å². The number of nitrogens with zero attached hydrogens (tertiary/aromatic N) is 2. The van der Waals surface area contributed by atoms with Crippen LogP contribution in [0.4, 0.5) is 10.2 Å². The Hall–Kier alpha value is -1.36. The minimum Gasteiger partial charge on any atom is -0.383 e. The summed E-state index contributed by atoms with van der Waals surface area (Å²) < 4.78 is 15.4. The minimum atomic E-state index is -0.242. The number of aromatic nitrogens is 2. The lowest BCUT2D eigenvalue weighted by molar-refractivity contribution is 0.544. The van der Waals surface area contributed by atoms with Crippen LogP contribution in [0.25, 0.3) is 0 Å². The number of hydrogen-bond acceptors (Lipinski definition) is 2. The average Bonchev–Trinajstić information content (AvgIpc) is 2.60. The second kappa shape index (κ2) is 4.96. The fourth-order valence-electron chi connectivity index (χ4n) is 1.82. The molecule has 2 N–H and O–H groups in total. The van der Waals surface area contributed by atoms with E-state index in [9.17, 15) is 4.39 Å². The van der Waals surface area contributed by atoms with Crippen molar-refractivity contribution in [3.8, 4) is 0 Å². The van der Waals surface area contributed by atoms with E-state index in [-0.39, 0.29) is 11.2 Å². The Morgan fingerprint density at radius 1 is 1.26 bits per heavy atom. The van der Waals surface area contributed by atoms with E-state index in [4.69, 9.17) is 5.73 Å². The maximum Gasteiger partial charge on any atom is 0.136 e. The summed E-state index contributed by atoms with van der Waals surface area (Å²) in [6.07, 6.45) is 0. The summed E-state index contributed by atoms with van der Waals surface area (Å²) in [4.78, 5) is 0. The molecule has 2 aromatic rings. The van der Waals surface area contributed by atoms with Gasteiger partial charge < -0.3 is 5.73 Å². The van der Waals surface area contributed by atoms with Gasteiger partial charge in [0.1, 0.15) is 11.6 Å². The number of nitrogens with two attached hydrogens (primary N) is 1. The van der Waals surface area contributed by atoms with Crippen molar-refractivity contribution in [2.45, 2.75) is 32.7 Å². The van der Waals surface area contributed by atoms with Gasteiger partial charge in [-0.25, -0.2) is 9.07 Å². The first-order valence-corrected chi connectivity index (χ1v) is 6.85. The topological polar surface area (TPSA) is 43.8 Å². The summed E-state index contributed by atoms with van der Waals surface area (Å²) in [6.45, 7) is 6.78. The zero-order valence-corrected chi connectivity index (χ0v) is 12.8. The molecule has 0 saturated heterocycles. The molecule has 0 amide bonds. The molecular formula is C14H17BrFN3. The van der Waals surface area contributed by atoms with Gasteiger partial charge in [0.15, 0.2) is 0 Å². The minimum absolute atomic E-state index is 0.0823. The van der Waals surface area contributed by atoms with E-state index < -0.39 is 0 Å². The smallest absolute Gasteiger partial charge is 0.136 e. The third kappa shape index (κ3) is 2.97. The van der Waals surface area contributed by atoms with Crippen molar-refractivity contribution >= 4 is 21.7 Å². The maximum absolute atomic E-state index is 12.9. The Balaban J connectivity index is 2.34. The number of nitrogen functional groups attached to an aromatic ring is 1. The van der Waals surface area contributed by atoms with E-state index in [0.717, 1.165) is 15.7 Å². The van der Waals surface area contributed by atoms with Crippen molar-refractivity contribution in [2.75, 3.05) is 5.73 Å². The predicted octanol–water partition coefficient (Wildman–Crippen LogP) is 3.71. The third-order valence-corrected chi connectivity index (χ3v) is 3.67. The van der Waals surface area contributed by atoms with Crippen LogP contribution in [0, 0.1) is 5.82 Å². The van der Waals surface area contributed by atoms with Crippen molar-refractivity contribution in [1.82, 2.24) is 9.78 Å². The quantitative estimate of drug-likeness (QED) is 0.914. The lowest BCUT2D eigenvalue weighted by Crippen LogP contribution is -2.13. The number of hydrogen-bond donors (Lipinski definition) is 1. The van der Waals surface area contributed by atoms with E-state index >= 15 is 0 Å². The molecule has 0 aliphatic carbocycles. The van der Waals surface area contributed by atoms with Crippen LogP contribution in [0.3, 0.4) is 0 Å². The molecule has 5 heteroatoms. The van der Waals surface area contributed by atoms with Gasteiger partial charge in [-0.3, -0.25) is 0 Å². The molecule has 3 nitrogen and oxygen atoms in total. The molecule has 0 saturated carbocycles. The predicted molar refractivity (Wildman–Crippen MR) is 78.5 cm³/mol. The largest absolute Gasteiger partial charge is 0.383 e. The molecule has 0 bridgehead atoms. The van der Waals surface area contributed by atoms with Gasteiger partial charge in [0.05, 0.1) is 16.7 Å². The molecule has 1 aromatic carbocycles. The van der Waals surface area contributed by atoms with Gasteiger partial charge in [0.25, 0.3) is 0 Å². The zero-order chi connectivity index (χ0) is 14.2. The van der Waals surface area contributed by atoms with Gasteiger partial charge in [-0.15, -0.1) is 0 Å². The SMILES string of the molecule is CC(C)(C)c1nn(Cc2ccc(F)cc2)c(N)c1Br. The van der Waals surface area contributed by atoms with Crippen LogP contribution < -0.4 is 5.73 Å². The van der Waals surface area contributed by atoms with Gasteiger partial charge in [-0.1, -0.05) is 32.9 Å². The van der Waals surface area contributed by atoms with Crippen LogP contribution in [-0.2, 0) is 12.0 Å². The summed E-state index contributed by atoms with van der Waals surface area (Å²) in [6, 6.07) is 6.35. The highest BCUT2D eigenvalue weighted by Gasteiger charge is 2.24. The van der Waals surface area contributed by atoms with Crippen LogP contribution in [-0.4, -0.2) is 9.78 Å². The van der Waals surface area contributed by atoms with Crippen LogP contribution in [0.2, 0.25) is 0 Å². The van der Waals surface area contributed by atoms with Crippen molar-refractivity contribution in [3.05, 3.63) is 45.8 Å². The Morgan fingerprint density at radius 2 is 1.84 bits per heavy atom. The lowest BCUT2D eigenvalue weighted by Gasteiger charge is -2.15. The summed E-state index contributed by atoms with van der Waals surface area (Å²) in [5, 5.41) is 4.55. The number of anilines is 1. The van der Waals surface area contributed by atoms with Crippen LogP contribution in [0.15, 0.2) is 28.7 Å². The Labute approximate surface area is 120 Å². The molecule has 0 atom stereocenters. The molecule has 0 radical (unpaired) electrons. The highest BCUT2D eigenvalue weighted by Crippen LogP contribution is 2.33. The van der Waals surface area contributed by atoms with Crippen molar-refractivity contribution < 1.29 is 4.39 Å². The first-order chi connectivity index (χ1) is 8.79. The normalized spacial score (nSPS) is 11.8. The summed E-state index contributed by atoms with van der Waals surface area (Å²) in [7, 11) is 0. The highest BCUT2D eigenvalue weighted by atomic mass is 79.9. The number of benzene rings is 1. The molecule has 0 aliphatic heterocycles. The second-order valence-electron chi connectivity index (χ2n) is 5.58. The Morgan fingerprint density at radius 3 is 2.32 bits per heavy atom. The first-order valence-electron chi connectivity index (χ1n) is 6.06. The van der Waals surface area contributed by atoms with Crippen LogP contribution in [0.5, 0.6) is 0 Å². The number of rotatable bonds is 2. The van der Waals surface area contributed by atoms with Crippen molar-refractivity contribution in [3.63, 3.8) is 0 Å². The second-order valence-corrected chi connectivity index (χ2v) is 6.37. The molecule has 1 heterocycles. The molecule has 19 heavy (non-hydrogen) atoms. The molecule has 0 fully saturated rings. The van der Waals surface area contributed by atoms with Gasteiger partial charge in [-0.05, 0) is 33.6 Å². The fourth-order valence-corrected chi connectivity index (χ4v) is 2.69. The Kier molecular flexibility index (Phi) is 3.67. The summed E-state index contributed by atoms with van der Waals surface area (Å²) in [5.41, 5.74) is 7.86. The van der Waals surface area contributed by atoms with Crippen molar-refractivity contribution in [1.29, 1.82) is 0 Å². The molecular weight excluding hydrogens is 309 g/mol. The molecule has 1 aromatic heterocycles. The van der Waals surface area contributed by atoms with E-state index in [0.29, 0.717) is 12.4 Å². The zero-order valence-electron chi connectivity index (χ0n) is 11.2. The van der Waals surface area contributed by atoms with Gasteiger partial charge in [-0.2, -0.15) is 5.10 Å². The molecule has 0 aliphatic rings. The summed E-state index contributed by atoms with van der Waals surface area (Å²) >= 11 is 3.49. The first kappa shape index (κ1) is 14.1.